The summed E-state index contributed by atoms with van der Waals surface area (Å²) in [7, 11) is 0. The first-order chi connectivity index (χ1) is 14.3. The van der Waals surface area contributed by atoms with Crippen LogP contribution < -0.4 is 0 Å². The summed E-state index contributed by atoms with van der Waals surface area (Å²) >= 11 is 0. The summed E-state index contributed by atoms with van der Waals surface area (Å²) in [5.41, 5.74) is -9.40. The molecular weight excluding hydrogens is 416 g/mol. The molecule has 6 rings (SSSR count). The van der Waals surface area contributed by atoms with Crippen LogP contribution in [0.15, 0.2) is 0 Å². The summed E-state index contributed by atoms with van der Waals surface area (Å²) in [6, 6.07) is 0. The van der Waals surface area contributed by atoms with Gasteiger partial charge in [-0.05, 0) is 12.3 Å². The maximum Gasteiger partial charge on any atom is 0.343 e. The average molecular weight is 440 g/mol. The number of fused-ring (bicyclic) bond motifs is 1. The third-order valence-corrected chi connectivity index (χ3v) is 8.95. The SMILES string of the molecule is C[C@@H]1C(=O)O[C@H]2[C@H](O)[C@]34[C@@H]5OC(=O)[C@]3(OC3OC(=O)[C@H](O)C34[C@H](C(C)(C)C)[C@H]5O)[C@@]12O. The molecule has 31 heavy (non-hydrogen) atoms. The topological polar surface area (TPSA) is 169 Å². The summed E-state index contributed by atoms with van der Waals surface area (Å²) < 4.78 is 22.2. The molecule has 2 aliphatic carbocycles. The lowest BCUT2D eigenvalue weighted by molar-refractivity contribution is -0.240. The Balaban J connectivity index is 1.75. The summed E-state index contributed by atoms with van der Waals surface area (Å²) in [5, 5.41) is 46.1. The average Bonchev–Trinajstić information content (AvgIpc) is 3.35. The molecule has 2 unspecified atom stereocenters. The van der Waals surface area contributed by atoms with Crippen LogP contribution >= 0.6 is 0 Å². The molecule has 0 aromatic carbocycles. The molecule has 4 saturated heterocycles. The predicted molar refractivity (Wildman–Crippen MR) is 93.4 cm³/mol. The second-order valence-corrected chi connectivity index (χ2v) is 10.8. The van der Waals surface area contributed by atoms with Crippen molar-refractivity contribution in [1.29, 1.82) is 0 Å². The molecule has 0 amide bonds. The number of rotatable bonds is 0. The van der Waals surface area contributed by atoms with Crippen LogP contribution in [-0.4, -0.2) is 86.3 Å². The Morgan fingerprint density at radius 3 is 2.19 bits per heavy atom. The molecule has 4 N–H and O–H groups in total. The molecule has 4 heterocycles. The third kappa shape index (κ3) is 1.43. The van der Waals surface area contributed by atoms with Crippen LogP contribution in [0.25, 0.3) is 0 Å². The van der Waals surface area contributed by atoms with E-state index >= 15 is 0 Å². The van der Waals surface area contributed by atoms with Crippen molar-refractivity contribution in [1.82, 2.24) is 0 Å². The van der Waals surface area contributed by atoms with E-state index in [-0.39, 0.29) is 0 Å². The van der Waals surface area contributed by atoms with E-state index in [1.807, 2.05) is 0 Å². The van der Waals surface area contributed by atoms with Crippen molar-refractivity contribution in [3.63, 3.8) is 0 Å². The van der Waals surface area contributed by atoms with Gasteiger partial charge in [0.25, 0.3) is 0 Å². The molecule has 6 aliphatic rings. The smallest absolute Gasteiger partial charge is 0.343 e. The highest BCUT2D eigenvalue weighted by molar-refractivity contribution is 5.94. The molecule has 2 saturated carbocycles. The number of hydrogen-bond acceptors (Lipinski definition) is 11. The second kappa shape index (κ2) is 4.91. The van der Waals surface area contributed by atoms with Crippen LogP contribution in [0.1, 0.15) is 27.7 Å². The van der Waals surface area contributed by atoms with Crippen LogP contribution in [0, 0.1) is 28.1 Å². The van der Waals surface area contributed by atoms with E-state index < -0.39 is 94.0 Å². The standard InChI is InChI=1S/C20H24O11/c1-5-12(24)28-11-8(22)18-10-6(21)7(16(2,3)4)17(18)9(23)13(25)30-15(17)31-20(18,14(26)29-10)19(5,11)27/h5-11,15,21-23,27H,1-4H3/t5-,6-,7+,8+,9+,10-,11+,15?,17?,18-,19-,20-/m1/s1. The molecule has 170 valence electrons. The minimum Gasteiger partial charge on any atom is -0.456 e. The Morgan fingerprint density at radius 1 is 0.935 bits per heavy atom. The highest BCUT2D eigenvalue weighted by Crippen LogP contribution is 2.84. The Bertz CT molecular complexity index is 957. The normalized spacial score (nSPS) is 61.0. The zero-order chi connectivity index (χ0) is 22.7. The molecule has 2 spiro atoms. The Morgan fingerprint density at radius 2 is 1.58 bits per heavy atom. The number of carbonyl (C=O) groups is 3. The van der Waals surface area contributed by atoms with Crippen molar-refractivity contribution < 1.29 is 53.8 Å². The highest BCUT2D eigenvalue weighted by Gasteiger charge is 3.05. The minimum atomic E-state index is -2.40. The van der Waals surface area contributed by atoms with Crippen molar-refractivity contribution in [2.45, 2.75) is 75.7 Å². The number of carbonyl (C=O) groups excluding carboxylic acids is 3. The van der Waals surface area contributed by atoms with Gasteiger partial charge < -0.3 is 39.4 Å². The van der Waals surface area contributed by atoms with Crippen LogP contribution in [-0.2, 0) is 33.3 Å². The number of ether oxygens (including phenoxy) is 4. The predicted octanol–water partition coefficient (Wildman–Crippen LogP) is -2.40. The van der Waals surface area contributed by atoms with Gasteiger partial charge in [0.15, 0.2) is 17.8 Å². The highest BCUT2D eigenvalue weighted by atomic mass is 16.8. The van der Waals surface area contributed by atoms with Gasteiger partial charge in [0, 0.05) is 5.92 Å². The van der Waals surface area contributed by atoms with Crippen molar-refractivity contribution in [2.24, 2.45) is 28.1 Å². The summed E-state index contributed by atoms with van der Waals surface area (Å²) in [5.74, 6) is -5.22. The van der Waals surface area contributed by atoms with Crippen LogP contribution in [0.2, 0.25) is 0 Å². The number of hydrogen-bond donors (Lipinski definition) is 4. The van der Waals surface area contributed by atoms with Gasteiger partial charge in [0.1, 0.15) is 12.2 Å². The zero-order valence-electron chi connectivity index (χ0n) is 17.3. The first kappa shape index (κ1) is 19.9. The van der Waals surface area contributed by atoms with Crippen LogP contribution in [0.4, 0.5) is 0 Å². The zero-order valence-corrected chi connectivity index (χ0v) is 17.3. The fourth-order valence-electron chi connectivity index (χ4n) is 8.27. The monoisotopic (exact) mass is 440 g/mol. The van der Waals surface area contributed by atoms with Gasteiger partial charge in [-0.2, -0.15) is 0 Å². The van der Waals surface area contributed by atoms with E-state index in [0.29, 0.717) is 0 Å². The van der Waals surface area contributed by atoms with Crippen LogP contribution in [0.5, 0.6) is 0 Å². The van der Waals surface area contributed by atoms with Gasteiger partial charge in [0.2, 0.25) is 11.9 Å². The van der Waals surface area contributed by atoms with Crippen molar-refractivity contribution in [3.8, 4) is 0 Å². The first-order valence-corrected chi connectivity index (χ1v) is 10.3. The van der Waals surface area contributed by atoms with E-state index in [2.05, 4.69) is 0 Å². The number of aliphatic hydroxyl groups excluding tert-OH is 3. The molecular formula is C20H24O11. The van der Waals surface area contributed by atoms with Gasteiger partial charge in [-0.25, -0.2) is 9.59 Å². The number of aliphatic hydroxyl groups is 4. The Hall–Kier alpha value is -1.79. The van der Waals surface area contributed by atoms with E-state index in [1.165, 1.54) is 6.92 Å². The van der Waals surface area contributed by atoms with Crippen molar-refractivity contribution in [2.75, 3.05) is 0 Å². The van der Waals surface area contributed by atoms with Crippen LogP contribution in [0.3, 0.4) is 0 Å². The van der Waals surface area contributed by atoms with E-state index in [9.17, 15) is 34.8 Å². The van der Waals surface area contributed by atoms with Crippen molar-refractivity contribution in [3.05, 3.63) is 0 Å². The molecule has 0 aromatic heterocycles. The van der Waals surface area contributed by atoms with Gasteiger partial charge in [-0.15, -0.1) is 0 Å². The van der Waals surface area contributed by atoms with Gasteiger partial charge >= 0.3 is 17.9 Å². The summed E-state index contributed by atoms with van der Waals surface area (Å²) in [6.07, 6.45) is -9.69. The summed E-state index contributed by atoms with van der Waals surface area (Å²) in [4.78, 5) is 38.3. The lowest BCUT2D eigenvalue weighted by atomic mass is 9.51. The lowest BCUT2D eigenvalue weighted by Gasteiger charge is -2.47. The maximum atomic E-state index is 13.4. The third-order valence-electron chi connectivity index (χ3n) is 8.95. The molecule has 0 aromatic rings. The molecule has 12 atom stereocenters. The molecule has 6 fully saturated rings. The van der Waals surface area contributed by atoms with E-state index in [1.54, 1.807) is 20.8 Å². The maximum absolute atomic E-state index is 13.4. The van der Waals surface area contributed by atoms with Gasteiger partial charge in [-0.1, -0.05) is 20.8 Å². The molecule has 4 aliphatic heterocycles. The first-order valence-electron chi connectivity index (χ1n) is 10.3. The van der Waals surface area contributed by atoms with E-state index in [0.717, 1.165) is 0 Å². The fourth-order valence-corrected chi connectivity index (χ4v) is 8.27. The minimum absolute atomic E-state index is 0.792. The van der Waals surface area contributed by atoms with E-state index in [4.69, 9.17) is 18.9 Å². The molecule has 11 nitrogen and oxygen atoms in total. The quantitative estimate of drug-likeness (QED) is 0.234. The molecule has 0 radical (unpaired) electrons. The van der Waals surface area contributed by atoms with Gasteiger partial charge in [0.05, 0.1) is 22.9 Å². The van der Waals surface area contributed by atoms with Crippen molar-refractivity contribution >= 4 is 17.9 Å². The molecule has 11 heteroatoms. The molecule has 0 bridgehead atoms. The Labute approximate surface area is 176 Å². The Kier molecular flexibility index (Phi) is 3.15. The second-order valence-electron chi connectivity index (χ2n) is 10.8. The lowest BCUT2D eigenvalue weighted by Crippen LogP contribution is -2.67. The summed E-state index contributed by atoms with van der Waals surface area (Å²) in [6.45, 7) is 6.63. The number of esters is 3. The fraction of sp³-hybridized carbons (Fsp3) is 0.850. The van der Waals surface area contributed by atoms with Gasteiger partial charge in [-0.3, -0.25) is 4.79 Å². The largest absolute Gasteiger partial charge is 0.456 e.